The highest BCUT2D eigenvalue weighted by Gasteiger charge is 2.21. The van der Waals surface area contributed by atoms with Crippen LogP contribution in [0.3, 0.4) is 0 Å². The van der Waals surface area contributed by atoms with Crippen molar-refractivity contribution in [3.63, 3.8) is 0 Å². The third kappa shape index (κ3) is 2.48. The van der Waals surface area contributed by atoms with E-state index < -0.39 is 0 Å². The molecule has 0 saturated carbocycles. The normalized spacial score (nSPS) is 19.2. The van der Waals surface area contributed by atoms with Gasteiger partial charge >= 0.3 is 0 Å². The van der Waals surface area contributed by atoms with Crippen LogP contribution in [0.5, 0.6) is 0 Å². The number of para-hydroxylation sites is 1. The van der Waals surface area contributed by atoms with Crippen molar-refractivity contribution in [3.05, 3.63) is 35.5 Å². The Bertz CT molecular complexity index is 567. The Kier molecular flexibility index (Phi) is 4.08. The van der Waals surface area contributed by atoms with Crippen LogP contribution < -0.4 is 5.32 Å². The first-order valence-electron chi connectivity index (χ1n) is 7.86. The molecule has 1 atom stereocenters. The Balaban J connectivity index is 1.86. The average molecular weight is 271 g/mol. The number of aryl methyl sites for hydroxylation is 1. The molecule has 1 aliphatic heterocycles. The number of nitrogens with one attached hydrogen (secondary N) is 2. The van der Waals surface area contributed by atoms with E-state index in [9.17, 15) is 0 Å². The largest absolute Gasteiger partial charge is 0.361 e. The highest BCUT2D eigenvalue weighted by Crippen LogP contribution is 2.24. The number of likely N-dealkylation sites (N-methyl/N-ethyl adjacent to an activating group) is 1. The van der Waals surface area contributed by atoms with Crippen molar-refractivity contribution in [1.29, 1.82) is 0 Å². The van der Waals surface area contributed by atoms with E-state index in [1.165, 1.54) is 28.5 Å². The molecule has 20 heavy (non-hydrogen) atoms. The summed E-state index contributed by atoms with van der Waals surface area (Å²) in [5, 5.41) is 4.87. The van der Waals surface area contributed by atoms with E-state index in [1.807, 2.05) is 0 Å². The molecule has 1 fully saturated rings. The summed E-state index contributed by atoms with van der Waals surface area (Å²) in [6.07, 6.45) is 4.56. The van der Waals surface area contributed by atoms with E-state index in [0.717, 1.165) is 32.6 Å². The quantitative estimate of drug-likeness (QED) is 0.876. The zero-order chi connectivity index (χ0) is 13.9. The van der Waals surface area contributed by atoms with Gasteiger partial charge in [0.05, 0.1) is 0 Å². The smallest absolute Gasteiger partial charge is 0.0489 e. The molecule has 0 amide bonds. The van der Waals surface area contributed by atoms with Crippen molar-refractivity contribution in [1.82, 2.24) is 15.2 Å². The van der Waals surface area contributed by atoms with E-state index in [2.05, 4.69) is 53.4 Å². The minimum absolute atomic E-state index is 0.694. The van der Waals surface area contributed by atoms with Gasteiger partial charge in [0, 0.05) is 36.2 Å². The number of nitrogens with zero attached hydrogens (tertiary/aromatic N) is 1. The third-order valence-corrected chi connectivity index (χ3v) is 4.60. The van der Waals surface area contributed by atoms with Crippen LogP contribution in [0.2, 0.25) is 0 Å². The van der Waals surface area contributed by atoms with E-state index in [4.69, 9.17) is 0 Å². The van der Waals surface area contributed by atoms with Crippen LogP contribution >= 0.6 is 0 Å². The lowest BCUT2D eigenvalue weighted by Gasteiger charge is -2.26. The van der Waals surface area contributed by atoms with Gasteiger partial charge in [-0.05, 0) is 37.1 Å². The topological polar surface area (TPSA) is 31.1 Å². The number of aromatic amines is 1. The molecule has 2 N–H and O–H groups in total. The first-order valence-corrected chi connectivity index (χ1v) is 7.86. The Morgan fingerprint density at radius 2 is 2.15 bits per heavy atom. The molecule has 0 bridgehead atoms. The summed E-state index contributed by atoms with van der Waals surface area (Å²) in [7, 11) is 0. The van der Waals surface area contributed by atoms with E-state index in [1.54, 1.807) is 0 Å². The summed E-state index contributed by atoms with van der Waals surface area (Å²) in [6, 6.07) is 7.35. The van der Waals surface area contributed by atoms with Gasteiger partial charge in [0.15, 0.2) is 0 Å². The minimum atomic E-state index is 0.694. The summed E-state index contributed by atoms with van der Waals surface area (Å²) in [5.74, 6) is 0. The first-order chi connectivity index (χ1) is 9.83. The molecule has 1 saturated heterocycles. The molecular weight excluding hydrogens is 246 g/mol. The molecule has 0 aliphatic carbocycles. The fraction of sp³-hybridized carbons (Fsp3) is 0.529. The second-order valence-electron chi connectivity index (χ2n) is 5.72. The second kappa shape index (κ2) is 5.98. The molecule has 2 aromatic rings. The molecular formula is C17H25N3. The van der Waals surface area contributed by atoms with Crippen LogP contribution in [0, 0.1) is 0 Å². The lowest BCUT2D eigenvalue weighted by molar-refractivity contribution is 0.211. The van der Waals surface area contributed by atoms with Crippen LogP contribution in [-0.4, -0.2) is 35.6 Å². The van der Waals surface area contributed by atoms with Crippen LogP contribution in [0.1, 0.15) is 31.4 Å². The third-order valence-electron chi connectivity index (χ3n) is 4.60. The van der Waals surface area contributed by atoms with Crippen molar-refractivity contribution in [2.24, 2.45) is 0 Å². The summed E-state index contributed by atoms with van der Waals surface area (Å²) in [5.41, 5.74) is 4.17. The molecule has 3 rings (SSSR count). The molecule has 1 unspecified atom stereocenters. The average Bonchev–Trinajstić information content (AvgIpc) is 3.14. The molecule has 3 heteroatoms. The Morgan fingerprint density at radius 3 is 2.85 bits per heavy atom. The standard InChI is InChI=1S/C17H25N3/c1-3-13-6-5-7-16-14(10-19-17(13)16)12-20(4-2)15-8-9-18-11-15/h5-7,10,15,18-19H,3-4,8-9,11-12H2,1-2H3. The van der Waals surface area contributed by atoms with Crippen LogP contribution in [0.15, 0.2) is 24.4 Å². The van der Waals surface area contributed by atoms with Gasteiger partial charge in [0.1, 0.15) is 0 Å². The van der Waals surface area contributed by atoms with Crippen LogP contribution in [0.25, 0.3) is 10.9 Å². The lowest BCUT2D eigenvalue weighted by atomic mass is 10.1. The number of benzene rings is 1. The Hall–Kier alpha value is -1.32. The van der Waals surface area contributed by atoms with Crippen molar-refractivity contribution >= 4 is 10.9 Å². The molecule has 1 aliphatic rings. The van der Waals surface area contributed by atoms with Gasteiger partial charge in [-0.3, -0.25) is 4.90 Å². The van der Waals surface area contributed by atoms with Crippen molar-refractivity contribution in [3.8, 4) is 0 Å². The molecule has 1 aromatic heterocycles. The van der Waals surface area contributed by atoms with Crippen LogP contribution in [-0.2, 0) is 13.0 Å². The number of H-pyrrole nitrogens is 1. The number of fused-ring (bicyclic) bond motifs is 1. The van der Waals surface area contributed by atoms with E-state index >= 15 is 0 Å². The summed E-state index contributed by atoms with van der Waals surface area (Å²) >= 11 is 0. The van der Waals surface area contributed by atoms with Crippen molar-refractivity contribution in [2.45, 2.75) is 39.3 Å². The predicted octanol–water partition coefficient (Wildman–Crippen LogP) is 2.91. The van der Waals surface area contributed by atoms with Crippen molar-refractivity contribution < 1.29 is 0 Å². The highest BCUT2D eigenvalue weighted by atomic mass is 15.2. The van der Waals surface area contributed by atoms with Gasteiger partial charge in [-0.25, -0.2) is 0 Å². The lowest BCUT2D eigenvalue weighted by Crippen LogP contribution is -2.36. The second-order valence-corrected chi connectivity index (χ2v) is 5.72. The van der Waals surface area contributed by atoms with Gasteiger partial charge < -0.3 is 10.3 Å². The predicted molar refractivity (Wildman–Crippen MR) is 85.0 cm³/mol. The Labute approximate surface area is 121 Å². The molecule has 0 radical (unpaired) electrons. The minimum Gasteiger partial charge on any atom is -0.361 e. The zero-order valence-corrected chi connectivity index (χ0v) is 12.6. The first kappa shape index (κ1) is 13.7. The number of hydrogen-bond donors (Lipinski definition) is 2. The summed E-state index contributed by atoms with van der Waals surface area (Å²) < 4.78 is 0. The van der Waals surface area contributed by atoms with Gasteiger partial charge in [0.25, 0.3) is 0 Å². The summed E-state index contributed by atoms with van der Waals surface area (Å²) in [4.78, 5) is 6.08. The SMILES string of the molecule is CCc1cccc2c(CN(CC)C3CCNC3)c[nH]c12. The van der Waals surface area contributed by atoms with E-state index in [-0.39, 0.29) is 0 Å². The molecule has 3 nitrogen and oxygen atoms in total. The Morgan fingerprint density at radius 1 is 1.25 bits per heavy atom. The van der Waals surface area contributed by atoms with Gasteiger partial charge in [0.2, 0.25) is 0 Å². The number of aromatic nitrogens is 1. The summed E-state index contributed by atoms with van der Waals surface area (Å²) in [6.45, 7) is 8.95. The molecule has 0 spiro atoms. The zero-order valence-electron chi connectivity index (χ0n) is 12.6. The molecule has 108 valence electrons. The number of rotatable bonds is 5. The maximum atomic E-state index is 3.49. The fourth-order valence-electron chi connectivity index (χ4n) is 3.37. The van der Waals surface area contributed by atoms with E-state index in [0.29, 0.717) is 6.04 Å². The maximum absolute atomic E-state index is 3.49. The monoisotopic (exact) mass is 271 g/mol. The van der Waals surface area contributed by atoms with Crippen molar-refractivity contribution in [2.75, 3.05) is 19.6 Å². The van der Waals surface area contributed by atoms with Crippen LogP contribution in [0.4, 0.5) is 0 Å². The van der Waals surface area contributed by atoms with Gasteiger partial charge in [-0.2, -0.15) is 0 Å². The van der Waals surface area contributed by atoms with Gasteiger partial charge in [-0.1, -0.05) is 32.0 Å². The molecule has 1 aromatic carbocycles. The van der Waals surface area contributed by atoms with Gasteiger partial charge in [-0.15, -0.1) is 0 Å². The highest BCUT2D eigenvalue weighted by molar-refractivity contribution is 5.86. The number of hydrogen-bond acceptors (Lipinski definition) is 2. The maximum Gasteiger partial charge on any atom is 0.0489 e. The molecule has 2 heterocycles. The fourth-order valence-corrected chi connectivity index (χ4v) is 3.37.